The van der Waals surface area contributed by atoms with Gasteiger partial charge in [0, 0.05) is 12.5 Å². The third kappa shape index (κ3) is 15.4. The van der Waals surface area contributed by atoms with Crippen molar-refractivity contribution in [1.82, 2.24) is 5.32 Å². The molecule has 1 saturated carbocycles. The third-order valence-corrected chi connectivity index (χ3v) is 6.56. The van der Waals surface area contributed by atoms with Crippen LogP contribution in [0.25, 0.3) is 0 Å². The molecule has 0 saturated heterocycles. The second-order valence-electron chi connectivity index (χ2n) is 9.28. The molecular weight excluding hydrogens is 342 g/mol. The van der Waals surface area contributed by atoms with Gasteiger partial charge in [-0.3, -0.25) is 4.79 Å². The van der Waals surface area contributed by atoms with Crippen molar-refractivity contribution in [2.24, 2.45) is 5.92 Å². The molecule has 28 heavy (non-hydrogen) atoms. The van der Waals surface area contributed by atoms with E-state index >= 15 is 0 Å². The molecule has 1 fully saturated rings. The van der Waals surface area contributed by atoms with Crippen LogP contribution in [-0.4, -0.2) is 12.5 Å². The molecule has 0 heterocycles. The molecule has 0 spiro atoms. The van der Waals surface area contributed by atoms with E-state index in [2.05, 4.69) is 12.2 Å². The average molecular weight is 394 g/mol. The minimum Gasteiger partial charge on any atom is -0.356 e. The largest absolute Gasteiger partial charge is 0.356 e. The Balaban J connectivity index is 1.70. The summed E-state index contributed by atoms with van der Waals surface area (Å²) in [6.45, 7) is 3.19. The SMILES string of the molecule is CCCCCCCCCCCCCCCCCCCNC(=O)C1CCCCC1. The molecule has 0 aromatic rings. The number of hydrogen-bond donors (Lipinski definition) is 1. The van der Waals surface area contributed by atoms with Gasteiger partial charge >= 0.3 is 0 Å². The highest BCUT2D eigenvalue weighted by Crippen LogP contribution is 2.23. The van der Waals surface area contributed by atoms with Crippen LogP contribution in [0.5, 0.6) is 0 Å². The van der Waals surface area contributed by atoms with Gasteiger partial charge in [-0.25, -0.2) is 0 Å². The number of amides is 1. The maximum Gasteiger partial charge on any atom is 0.223 e. The molecule has 0 aromatic heterocycles. The standard InChI is InChI=1S/C26H51NO/c1-2-3-4-5-6-7-8-9-10-11-12-13-14-15-16-17-21-24-27-26(28)25-22-19-18-20-23-25/h25H,2-24H2,1H3,(H,27,28). The minimum atomic E-state index is 0.319. The molecule has 1 amide bonds. The molecule has 0 bridgehead atoms. The number of unbranched alkanes of at least 4 members (excludes halogenated alkanes) is 16. The molecule has 0 radical (unpaired) electrons. The smallest absolute Gasteiger partial charge is 0.223 e. The van der Waals surface area contributed by atoms with E-state index in [4.69, 9.17) is 0 Å². The molecular formula is C26H51NO. The van der Waals surface area contributed by atoms with Gasteiger partial charge in [-0.1, -0.05) is 129 Å². The van der Waals surface area contributed by atoms with Gasteiger partial charge in [0.25, 0.3) is 0 Å². The van der Waals surface area contributed by atoms with Crippen molar-refractivity contribution in [3.63, 3.8) is 0 Å². The first-order chi connectivity index (χ1) is 13.8. The Bertz CT molecular complexity index is 335. The molecule has 1 rings (SSSR count). The summed E-state index contributed by atoms with van der Waals surface area (Å²) < 4.78 is 0. The van der Waals surface area contributed by atoms with Crippen LogP contribution in [0, 0.1) is 5.92 Å². The van der Waals surface area contributed by atoms with E-state index < -0.39 is 0 Å². The second kappa shape index (κ2) is 19.8. The summed E-state index contributed by atoms with van der Waals surface area (Å²) in [5, 5.41) is 3.17. The average Bonchev–Trinajstić information content (AvgIpc) is 2.73. The fraction of sp³-hybridized carbons (Fsp3) is 0.962. The number of carbonyl (C=O) groups is 1. The Kier molecular flexibility index (Phi) is 18.0. The third-order valence-electron chi connectivity index (χ3n) is 6.56. The maximum absolute atomic E-state index is 12.1. The van der Waals surface area contributed by atoms with Crippen LogP contribution in [0.2, 0.25) is 0 Å². The van der Waals surface area contributed by atoms with E-state index in [1.54, 1.807) is 0 Å². The summed E-state index contributed by atoms with van der Waals surface area (Å²) >= 11 is 0. The quantitative estimate of drug-likeness (QED) is 0.219. The topological polar surface area (TPSA) is 29.1 Å². The highest BCUT2D eigenvalue weighted by molar-refractivity contribution is 5.78. The van der Waals surface area contributed by atoms with Gasteiger partial charge in [-0.15, -0.1) is 0 Å². The van der Waals surface area contributed by atoms with Gasteiger partial charge in [0.1, 0.15) is 0 Å². The molecule has 1 aliphatic carbocycles. The Labute approximate surface area is 177 Å². The van der Waals surface area contributed by atoms with E-state index in [0.29, 0.717) is 11.8 Å². The molecule has 0 atom stereocenters. The van der Waals surface area contributed by atoms with Gasteiger partial charge in [0.05, 0.1) is 0 Å². The number of nitrogens with one attached hydrogen (secondary N) is 1. The zero-order valence-electron chi connectivity index (χ0n) is 19.2. The highest BCUT2D eigenvalue weighted by Gasteiger charge is 2.20. The van der Waals surface area contributed by atoms with Crippen LogP contribution in [0.3, 0.4) is 0 Å². The molecule has 1 N–H and O–H groups in total. The first-order valence-electron chi connectivity index (χ1n) is 13.1. The van der Waals surface area contributed by atoms with Crippen molar-refractivity contribution < 1.29 is 4.79 Å². The normalized spacial score (nSPS) is 15.0. The minimum absolute atomic E-state index is 0.319. The van der Waals surface area contributed by atoms with E-state index in [1.807, 2.05) is 0 Å². The molecule has 0 aliphatic heterocycles. The Morgan fingerprint density at radius 1 is 0.607 bits per heavy atom. The van der Waals surface area contributed by atoms with Crippen molar-refractivity contribution in [2.75, 3.05) is 6.54 Å². The van der Waals surface area contributed by atoms with Crippen molar-refractivity contribution in [2.45, 2.75) is 148 Å². The van der Waals surface area contributed by atoms with Crippen molar-refractivity contribution in [3.05, 3.63) is 0 Å². The predicted octanol–water partition coefficient (Wildman–Crippen LogP) is 8.33. The summed E-state index contributed by atoms with van der Waals surface area (Å²) in [5.41, 5.74) is 0. The highest BCUT2D eigenvalue weighted by atomic mass is 16.1. The lowest BCUT2D eigenvalue weighted by Gasteiger charge is -2.20. The summed E-state index contributed by atoms with van der Waals surface area (Å²) in [6, 6.07) is 0. The van der Waals surface area contributed by atoms with Crippen LogP contribution >= 0.6 is 0 Å². The zero-order chi connectivity index (χ0) is 20.1. The predicted molar refractivity (Wildman–Crippen MR) is 124 cm³/mol. The van der Waals surface area contributed by atoms with E-state index in [1.165, 1.54) is 122 Å². The van der Waals surface area contributed by atoms with Crippen LogP contribution in [0.4, 0.5) is 0 Å². The number of rotatable bonds is 19. The van der Waals surface area contributed by atoms with Gasteiger partial charge < -0.3 is 5.32 Å². The van der Waals surface area contributed by atoms with E-state index in [9.17, 15) is 4.79 Å². The lowest BCUT2D eigenvalue weighted by Crippen LogP contribution is -2.32. The fourth-order valence-corrected chi connectivity index (χ4v) is 4.57. The number of carbonyl (C=O) groups excluding carboxylic acids is 1. The van der Waals surface area contributed by atoms with Gasteiger partial charge in [-0.2, -0.15) is 0 Å². The van der Waals surface area contributed by atoms with Gasteiger partial charge in [0.15, 0.2) is 0 Å². The van der Waals surface area contributed by atoms with Crippen LogP contribution in [0.15, 0.2) is 0 Å². The summed E-state index contributed by atoms with van der Waals surface area (Å²) in [7, 11) is 0. The van der Waals surface area contributed by atoms with Crippen molar-refractivity contribution >= 4 is 5.91 Å². The summed E-state index contributed by atoms with van der Waals surface area (Å²) in [4.78, 5) is 12.1. The Morgan fingerprint density at radius 2 is 1.00 bits per heavy atom. The zero-order valence-corrected chi connectivity index (χ0v) is 19.2. The Morgan fingerprint density at radius 3 is 1.43 bits per heavy atom. The van der Waals surface area contributed by atoms with Crippen LogP contribution < -0.4 is 5.32 Å². The molecule has 166 valence electrons. The molecule has 1 aliphatic rings. The Hall–Kier alpha value is -0.530. The first-order valence-corrected chi connectivity index (χ1v) is 13.1. The van der Waals surface area contributed by atoms with Crippen LogP contribution in [0.1, 0.15) is 148 Å². The van der Waals surface area contributed by atoms with E-state index in [-0.39, 0.29) is 0 Å². The monoisotopic (exact) mass is 393 g/mol. The lowest BCUT2D eigenvalue weighted by atomic mass is 9.88. The molecule has 0 aromatic carbocycles. The maximum atomic E-state index is 12.1. The van der Waals surface area contributed by atoms with Gasteiger partial charge in [-0.05, 0) is 19.3 Å². The number of hydrogen-bond acceptors (Lipinski definition) is 1. The lowest BCUT2D eigenvalue weighted by molar-refractivity contribution is -0.125. The van der Waals surface area contributed by atoms with E-state index in [0.717, 1.165) is 25.8 Å². The molecule has 0 unspecified atom stereocenters. The molecule has 2 nitrogen and oxygen atoms in total. The molecule has 2 heteroatoms. The first kappa shape index (κ1) is 25.5. The fourth-order valence-electron chi connectivity index (χ4n) is 4.57. The van der Waals surface area contributed by atoms with Crippen LogP contribution in [-0.2, 0) is 4.79 Å². The summed E-state index contributed by atoms with van der Waals surface area (Å²) in [6.07, 6.45) is 29.9. The van der Waals surface area contributed by atoms with Crippen molar-refractivity contribution in [3.8, 4) is 0 Å². The summed E-state index contributed by atoms with van der Waals surface area (Å²) in [5.74, 6) is 0.649. The second-order valence-corrected chi connectivity index (χ2v) is 9.28. The van der Waals surface area contributed by atoms with Gasteiger partial charge in [0.2, 0.25) is 5.91 Å². The van der Waals surface area contributed by atoms with Crippen molar-refractivity contribution in [1.29, 1.82) is 0 Å².